The van der Waals surface area contributed by atoms with Crippen molar-refractivity contribution in [2.45, 2.75) is 25.8 Å². The van der Waals surface area contributed by atoms with Crippen molar-refractivity contribution in [2.75, 3.05) is 6.54 Å². The predicted octanol–water partition coefficient (Wildman–Crippen LogP) is 3.51. The molecule has 1 aliphatic carbocycles. The third-order valence-corrected chi connectivity index (χ3v) is 3.87. The molecule has 1 aromatic carbocycles. The van der Waals surface area contributed by atoms with Crippen LogP contribution in [0.1, 0.15) is 30.1 Å². The second-order valence-electron chi connectivity index (χ2n) is 4.83. The Balaban J connectivity index is 2.09. The minimum atomic E-state index is 0.0605. The molecule has 3 rings (SSSR count). The summed E-state index contributed by atoms with van der Waals surface area (Å²) < 4.78 is 0. The van der Waals surface area contributed by atoms with Gasteiger partial charge in [-0.05, 0) is 25.2 Å². The lowest BCUT2D eigenvalue weighted by Gasteiger charge is -2.21. The maximum atomic E-state index is 12.6. The Morgan fingerprint density at radius 2 is 2.05 bits per heavy atom. The quantitative estimate of drug-likeness (QED) is 0.803. The molecule has 19 heavy (non-hydrogen) atoms. The standard InChI is InChI=1S/C15H15ClN2O/c1-2-18(10-7-8-10)15(19)13-9-17-14(16)12-6-4-3-5-11(12)13/h3-6,9-10H,2,7-8H2,1H3. The van der Waals surface area contributed by atoms with Gasteiger partial charge < -0.3 is 4.90 Å². The molecule has 98 valence electrons. The number of pyridine rings is 1. The predicted molar refractivity (Wildman–Crippen MR) is 76.5 cm³/mol. The highest BCUT2D eigenvalue weighted by atomic mass is 35.5. The molecular formula is C15H15ClN2O. The van der Waals surface area contributed by atoms with Crippen molar-refractivity contribution < 1.29 is 4.79 Å². The van der Waals surface area contributed by atoms with Crippen molar-refractivity contribution in [3.63, 3.8) is 0 Å². The van der Waals surface area contributed by atoms with Gasteiger partial charge in [-0.1, -0.05) is 35.9 Å². The maximum Gasteiger partial charge on any atom is 0.256 e. The number of carbonyl (C=O) groups excluding carboxylic acids is 1. The summed E-state index contributed by atoms with van der Waals surface area (Å²) in [5.41, 5.74) is 0.647. The molecule has 0 unspecified atom stereocenters. The molecule has 1 aromatic heterocycles. The molecule has 0 saturated heterocycles. The molecule has 0 spiro atoms. The van der Waals surface area contributed by atoms with E-state index in [9.17, 15) is 4.79 Å². The highest BCUT2D eigenvalue weighted by molar-refractivity contribution is 6.34. The third kappa shape index (κ3) is 2.19. The molecular weight excluding hydrogens is 260 g/mol. The summed E-state index contributed by atoms with van der Waals surface area (Å²) in [6, 6.07) is 8.06. The molecule has 0 bridgehead atoms. The molecule has 1 saturated carbocycles. The fraction of sp³-hybridized carbons (Fsp3) is 0.333. The van der Waals surface area contributed by atoms with E-state index >= 15 is 0 Å². The van der Waals surface area contributed by atoms with Crippen LogP contribution in [0.25, 0.3) is 10.8 Å². The molecule has 4 heteroatoms. The van der Waals surface area contributed by atoms with Gasteiger partial charge in [0.2, 0.25) is 0 Å². The van der Waals surface area contributed by atoms with Crippen LogP contribution in [0.2, 0.25) is 5.15 Å². The lowest BCUT2D eigenvalue weighted by atomic mass is 10.1. The van der Waals surface area contributed by atoms with E-state index in [1.165, 1.54) is 0 Å². The van der Waals surface area contributed by atoms with E-state index in [1.54, 1.807) is 6.20 Å². The smallest absolute Gasteiger partial charge is 0.256 e. The number of benzene rings is 1. The molecule has 2 aromatic rings. The Labute approximate surface area is 117 Å². The SMILES string of the molecule is CCN(C(=O)c1cnc(Cl)c2ccccc12)C1CC1. The van der Waals surface area contributed by atoms with Crippen molar-refractivity contribution in [2.24, 2.45) is 0 Å². The molecule has 1 amide bonds. The number of nitrogens with zero attached hydrogens (tertiary/aromatic N) is 2. The van der Waals surface area contributed by atoms with Gasteiger partial charge in [0, 0.05) is 24.2 Å². The van der Waals surface area contributed by atoms with Crippen LogP contribution in [-0.2, 0) is 0 Å². The Hall–Kier alpha value is -1.61. The lowest BCUT2D eigenvalue weighted by molar-refractivity contribution is 0.0754. The van der Waals surface area contributed by atoms with Crippen molar-refractivity contribution in [1.82, 2.24) is 9.88 Å². The maximum absolute atomic E-state index is 12.6. The fourth-order valence-corrected chi connectivity index (χ4v) is 2.65. The number of aromatic nitrogens is 1. The lowest BCUT2D eigenvalue weighted by Crippen LogP contribution is -2.33. The first kappa shape index (κ1) is 12.4. The minimum absolute atomic E-state index is 0.0605. The zero-order valence-corrected chi connectivity index (χ0v) is 11.5. The number of halogens is 1. The fourth-order valence-electron chi connectivity index (χ4n) is 2.44. The second-order valence-corrected chi connectivity index (χ2v) is 5.19. The van der Waals surface area contributed by atoms with Crippen LogP contribution in [-0.4, -0.2) is 28.4 Å². The van der Waals surface area contributed by atoms with Crippen molar-refractivity contribution in [3.8, 4) is 0 Å². The highest BCUT2D eigenvalue weighted by Gasteiger charge is 2.32. The first-order valence-corrected chi connectivity index (χ1v) is 6.94. The number of rotatable bonds is 3. The summed E-state index contributed by atoms with van der Waals surface area (Å²) >= 11 is 6.09. The van der Waals surface area contributed by atoms with Crippen LogP contribution in [0.5, 0.6) is 0 Å². The Kier molecular flexibility index (Phi) is 3.15. The number of hydrogen-bond donors (Lipinski definition) is 0. The summed E-state index contributed by atoms with van der Waals surface area (Å²) in [5.74, 6) is 0.0605. The number of carbonyl (C=O) groups is 1. The average Bonchev–Trinajstić information content (AvgIpc) is 3.25. The summed E-state index contributed by atoms with van der Waals surface area (Å²) in [6.07, 6.45) is 3.81. The zero-order valence-electron chi connectivity index (χ0n) is 10.8. The van der Waals surface area contributed by atoms with Gasteiger partial charge in [0.15, 0.2) is 0 Å². The van der Waals surface area contributed by atoms with Crippen molar-refractivity contribution in [3.05, 3.63) is 41.2 Å². The van der Waals surface area contributed by atoms with Gasteiger partial charge in [-0.25, -0.2) is 4.98 Å². The van der Waals surface area contributed by atoms with Crippen LogP contribution in [0.15, 0.2) is 30.5 Å². The van der Waals surface area contributed by atoms with E-state index in [0.717, 1.165) is 30.2 Å². The molecule has 3 nitrogen and oxygen atoms in total. The minimum Gasteiger partial charge on any atom is -0.336 e. The van der Waals surface area contributed by atoms with E-state index in [-0.39, 0.29) is 5.91 Å². The molecule has 0 radical (unpaired) electrons. The van der Waals surface area contributed by atoms with E-state index in [1.807, 2.05) is 36.1 Å². The molecule has 0 N–H and O–H groups in total. The van der Waals surface area contributed by atoms with Crippen LogP contribution < -0.4 is 0 Å². The van der Waals surface area contributed by atoms with Gasteiger partial charge in [0.1, 0.15) is 5.15 Å². The zero-order chi connectivity index (χ0) is 13.4. The first-order valence-electron chi connectivity index (χ1n) is 6.56. The van der Waals surface area contributed by atoms with E-state index in [2.05, 4.69) is 4.98 Å². The van der Waals surface area contributed by atoms with Crippen LogP contribution in [0.3, 0.4) is 0 Å². The summed E-state index contributed by atoms with van der Waals surface area (Å²) in [7, 11) is 0. The van der Waals surface area contributed by atoms with E-state index in [0.29, 0.717) is 16.8 Å². The van der Waals surface area contributed by atoms with Crippen molar-refractivity contribution in [1.29, 1.82) is 0 Å². The largest absolute Gasteiger partial charge is 0.336 e. The van der Waals surface area contributed by atoms with Crippen LogP contribution >= 0.6 is 11.6 Å². The number of fused-ring (bicyclic) bond motifs is 1. The van der Waals surface area contributed by atoms with Gasteiger partial charge in [-0.3, -0.25) is 4.79 Å². The van der Waals surface area contributed by atoms with Gasteiger partial charge >= 0.3 is 0 Å². The van der Waals surface area contributed by atoms with Crippen LogP contribution in [0, 0.1) is 0 Å². The van der Waals surface area contributed by atoms with E-state index in [4.69, 9.17) is 11.6 Å². The first-order chi connectivity index (χ1) is 9.22. The number of hydrogen-bond acceptors (Lipinski definition) is 2. The average molecular weight is 275 g/mol. The normalized spacial score (nSPS) is 14.6. The molecule has 1 fully saturated rings. The van der Waals surface area contributed by atoms with E-state index < -0.39 is 0 Å². The summed E-state index contributed by atoms with van der Waals surface area (Å²) in [5, 5.41) is 2.16. The van der Waals surface area contributed by atoms with Gasteiger partial charge in [0.25, 0.3) is 5.91 Å². The van der Waals surface area contributed by atoms with Crippen LogP contribution in [0.4, 0.5) is 0 Å². The Morgan fingerprint density at radius 3 is 2.68 bits per heavy atom. The number of amides is 1. The molecule has 0 atom stereocenters. The topological polar surface area (TPSA) is 33.2 Å². The van der Waals surface area contributed by atoms with Gasteiger partial charge in [0.05, 0.1) is 5.56 Å². The highest BCUT2D eigenvalue weighted by Crippen LogP contribution is 2.30. The monoisotopic (exact) mass is 274 g/mol. The molecule has 1 aliphatic rings. The summed E-state index contributed by atoms with van der Waals surface area (Å²) in [4.78, 5) is 18.7. The Morgan fingerprint density at radius 1 is 1.37 bits per heavy atom. The summed E-state index contributed by atoms with van der Waals surface area (Å²) in [6.45, 7) is 2.75. The molecule has 1 heterocycles. The second kappa shape index (κ2) is 4.82. The van der Waals surface area contributed by atoms with Gasteiger partial charge in [-0.2, -0.15) is 0 Å². The third-order valence-electron chi connectivity index (χ3n) is 3.57. The van der Waals surface area contributed by atoms with Gasteiger partial charge in [-0.15, -0.1) is 0 Å². The molecule has 0 aliphatic heterocycles. The Bertz CT molecular complexity index is 637. The van der Waals surface area contributed by atoms with Crippen molar-refractivity contribution >= 4 is 28.3 Å².